The molecular formula is C11H12F3NO3. The number of benzene rings is 1. The molecule has 18 heavy (non-hydrogen) atoms. The summed E-state index contributed by atoms with van der Waals surface area (Å²) in [4.78, 5) is 11.7. The van der Waals surface area contributed by atoms with Crippen LogP contribution >= 0.6 is 0 Å². The highest BCUT2D eigenvalue weighted by Crippen LogP contribution is 2.25. The first-order valence-electron chi connectivity index (χ1n) is 5.10. The molecule has 0 spiro atoms. The monoisotopic (exact) mass is 263 g/mol. The number of aliphatic hydroxyl groups is 1. The molecule has 1 aromatic rings. The van der Waals surface area contributed by atoms with E-state index in [-0.39, 0.29) is 17.8 Å². The van der Waals surface area contributed by atoms with Crippen LogP contribution in [0.2, 0.25) is 0 Å². The Balaban J connectivity index is 3.09. The average molecular weight is 263 g/mol. The predicted molar refractivity (Wildman–Crippen MR) is 58.8 cm³/mol. The van der Waals surface area contributed by atoms with Crippen LogP contribution in [0.5, 0.6) is 0 Å². The van der Waals surface area contributed by atoms with Gasteiger partial charge in [0, 0.05) is 6.54 Å². The zero-order valence-electron chi connectivity index (χ0n) is 9.31. The Bertz CT molecular complexity index is 420. The van der Waals surface area contributed by atoms with Crippen LogP contribution in [0, 0.1) is 0 Å². The van der Waals surface area contributed by atoms with E-state index in [0.717, 1.165) is 4.90 Å². The summed E-state index contributed by atoms with van der Waals surface area (Å²) >= 11 is 0. The summed E-state index contributed by atoms with van der Waals surface area (Å²) in [6.07, 6.45) is -4.47. The molecule has 0 radical (unpaired) electrons. The number of aromatic carboxylic acids is 1. The molecule has 0 fully saturated rings. The fraction of sp³-hybridized carbons (Fsp3) is 0.364. The van der Waals surface area contributed by atoms with Gasteiger partial charge < -0.3 is 15.1 Å². The largest absolute Gasteiger partial charge is 0.478 e. The molecule has 0 saturated heterocycles. The third-order valence-corrected chi connectivity index (χ3v) is 2.22. The summed E-state index contributed by atoms with van der Waals surface area (Å²) in [5.74, 6) is -1.31. The third-order valence-electron chi connectivity index (χ3n) is 2.22. The molecule has 0 atom stereocenters. The van der Waals surface area contributed by atoms with Crippen molar-refractivity contribution in [3.63, 3.8) is 0 Å². The van der Waals surface area contributed by atoms with E-state index in [1.165, 1.54) is 24.3 Å². The molecule has 0 amide bonds. The first-order valence-corrected chi connectivity index (χ1v) is 5.10. The van der Waals surface area contributed by atoms with Gasteiger partial charge in [-0.2, -0.15) is 13.2 Å². The molecule has 0 aliphatic carbocycles. The standard InChI is InChI=1S/C11H12F3NO3/c12-11(13,14)7-15(5-6-16)9-4-2-1-3-8(9)10(17)18/h1-4,16H,5-7H2,(H,17,18). The molecule has 4 nitrogen and oxygen atoms in total. The summed E-state index contributed by atoms with van der Waals surface area (Å²) in [6, 6.07) is 5.38. The number of anilines is 1. The van der Waals surface area contributed by atoms with Crippen LogP contribution in [0.4, 0.5) is 18.9 Å². The lowest BCUT2D eigenvalue weighted by molar-refractivity contribution is -0.119. The number of para-hydroxylation sites is 1. The highest BCUT2D eigenvalue weighted by molar-refractivity contribution is 5.94. The van der Waals surface area contributed by atoms with Crippen LogP contribution in [0.3, 0.4) is 0 Å². The first-order chi connectivity index (χ1) is 8.35. The number of carboxylic acids is 1. The van der Waals surface area contributed by atoms with Crippen molar-refractivity contribution < 1.29 is 28.2 Å². The zero-order valence-corrected chi connectivity index (χ0v) is 9.31. The number of hydrogen-bond acceptors (Lipinski definition) is 3. The Hall–Kier alpha value is -1.76. The number of carbonyl (C=O) groups is 1. The zero-order chi connectivity index (χ0) is 13.8. The molecule has 2 N–H and O–H groups in total. The maximum Gasteiger partial charge on any atom is 0.405 e. The fourth-order valence-corrected chi connectivity index (χ4v) is 1.55. The molecule has 0 bridgehead atoms. The molecule has 0 saturated carbocycles. The van der Waals surface area contributed by atoms with Gasteiger partial charge in [0.05, 0.1) is 17.9 Å². The van der Waals surface area contributed by atoms with Gasteiger partial charge in [-0.1, -0.05) is 12.1 Å². The number of rotatable bonds is 5. The van der Waals surface area contributed by atoms with Crippen molar-refractivity contribution in [1.82, 2.24) is 0 Å². The lowest BCUT2D eigenvalue weighted by Crippen LogP contribution is -2.37. The van der Waals surface area contributed by atoms with Gasteiger partial charge in [-0.15, -0.1) is 0 Å². The summed E-state index contributed by atoms with van der Waals surface area (Å²) in [7, 11) is 0. The Kier molecular flexibility index (Phi) is 4.55. The fourth-order valence-electron chi connectivity index (χ4n) is 1.55. The van der Waals surface area contributed by atoms with Gasteiger partial charge in [0.15, 0.2) is 0 Å². The first kappa shape index (κ1) is 14.3. The van der Waals surface area contributed by atoms with Crippen LogP contribution in [0.1, 0.15) is 10.4 Å². The second-order valence-corrected chi connectivity index (χ2v) is 3.58. The SMILES string of the molecule is O=C(O)c1ccccc1N(CCO)CC(F)(F)F. The van der Waals surface area contributed by atoms with E-state index in [1.54, 1.807) is 0 Å². The quantitative estimate of drug-likeness (QED) is 0.849. The predicted octanol–water partition coefficient (Wildman–Crippen LogP) is 1.75. The third kappa shape index (κ3) is 3.92. The van der Waals surface area contributed by atoms with E-state index in [9.17, 15) is 18.0 Å². The molecule has 0 aliphatic heterocycles. The number of aliphatic hydroxyl groups excluding tert-OH is 1. The van der Waals surface area contributed by atoms with Crippen molar-refractivity contribution in [3.05, 3.63) is 29.8 Å². The highest BCUT2D eigenvalue weighted by Gasteiger charge is 2.31. The summed E-state index contributed by atoms with van der Waals surface area (Å²) in [5, 5.41) is 17.7. The second-order valence-electron chi connectivity index (χ2n) is 3.58. The Morgan fingerprint density at radius 3 is 2.39 bits per heavy atom. The van der Waals surface area contributed by atoms with Crippen molar-refractivity contribution in [2.45, 2.75) is 6.18 Å². The molecule has 1 aromatic carbocycles. The lowest BCUT2D eigenvalue weighted by atomic mass is 10.1. The van der Waals surface area contributed by atoms with Crippen molar-refractivity contribution >= 4 is 11.7 Å². The smallest absolute Gasteiger partial charge is 0.405 e. The van der Waals surface area contributed by atoms with E-state index in [4.69, 9.17) is 10.2 Å². The van der Waals surface area contributed by atoms with Gasteiger partial charge >= 0.3 is 12.1 Å². The van der Waals surface area contributed by atoms with Crippen molar-refractivity contribution in [1.29, 1.82) is 0 Å². The number of hydrogen-bond donors (Lipinski definition) is 2. The number of carboxylic acid groups (broad SMARTS) is 1. The van der Waals surface area contributed by atoms with Gasteiger partial charge in [0.2, 0.25) is 0 Å². The average Bonchev–Trinajstić information content (AvgIpc) is 2.26. The normalized spacial score (nSPS) is 11.3. The van der Waals surface area contributed by atoms with Gasteiger partial charge in [0.1, 0.15) is 6.54 Å². The van der Waals surface area contributed by atoms with E-state index in [2.05, 4.69) is 0 Å². The van der Waals surface area contributed by atoms with E-state index in [0.29, 0.717) is 0 Å². The van der Waals surface area contributed by atoms with Gasteiger partial charge in [-0.3, -0.25) is 0 Å². The maximum absolute atomic E-state index is 12.4. The van der Waals surface area contributed by atoms with Gasteiger partial charge in [-0.25, -0.2) is 4.79 Å². The highest BCUT2D eigenvalue weighted by atomic mass is 19.4. The van der Waals surface area contributed by atoms with Crippen LogP contribution < -0.4 is 4.90 Å². The molecule has 0 aliphatic rings. The minimum atomic E-state index is -4.47. The van der Waals surface area contributed by atoms with Crippen molar-refractivity contribution in [2.24, 2.45) is 0 Å². The minimum absolute atomic E-state index is 0.0589. The van der Waals surface area contributed by atoms with E-state index < -0.39 is 25.3 Å². The maximum atomic E-state index is 12.4. The summed E-state index contributed by atoms with van der Waals surface area (Å²) in [5.41, 5.74) is -0.286. The van der Waals surface area contributed by atoms with E-state index in [1.807, 2.05) is 0 Å². The van der Waals surface area contributed by atoms with Crippen LogP contribution in [0.25, 0.3) is 0 Å². The van der Waals surface area contributed by atoms with Crippen LogP contribution in [-0.2, 0) is 0 Å². The van der Waals surface area contributed by atoms with Gasteiger partial charge in [-0.05, 0) is 12.1 Å². The molecule has 0 heterocycles. The molecule has 1 rings (SSSR count). The molecule has 7 heteroatoms. The van der Waals surface area contributed by atoms with Gasteiger partial charge in [0.25, 0.3) is 0 Å². The topological polar surface area (TPSA) is 60.8 Å². The van der Waals surface area contributed by atoms with Crippen molar-refractivity contribution in [3.8, 4) is 0 Å². The summed E-state index contributed by atoms with van der Waals surface area (Å²) in [6.45, 7) is -2.09. The Morgan fingerprint density at radius 2 is 1.89 bits per heavy atom. The molecule has 0 aromatic heterocycles. The number of nitrogens with zero attached hydrogens (tertiary/aromatic N) is 1. The van der Waals surface area contributed by atoms with Crippen molar-refractivity contribution in [2.75, 3.05) is 24.6 Å². The number of alkyl halides is 3. The molecule has 0 unspecified atom stereocenters. The summed E-state index contributed by atoms with van der Waals surface area (Å²) < 4.78 is 37.1. The van der Waals surface area contributed by atoms with Crippen LogP contribution in [0.15, 0.2) is 24.3 Å². The number of halogens is 3. The molecular weight excluding hydrogens is 251 g/mol. The lowest BCUT2D eigenvalue weighted by Gasteiger charge is -2.26. The second kappa shape index (κ2) is 5.72. The molecule has 100 valence electrons. The van der Waals surface area contributed by atoms with Crippen LogP contribution in [-0.4, -0.2) is 42.1 Å². The Labute approximate surface area is 101 Å². The minimum Gasteiger partial charge on any atom is -0.478 e. The van der Waals surface area contributed by atoms with E-state index >= 15 is 0 Å². The Morgan fingerprint density at radius 1 is 1.28 bits per heavy atom.